The molecular formula is C17H17NO4S. The van der Waals surface area contributed by atoms with Crippen LogP contribution in [0.5, 0.6) is 0 Å². The molecule has 1 amide bonds. The number of carbonyl (C=O) groups excluding carboxylic acids is 1. The molecule has 0 saturated carbocycles. The first-order chi connectivity index (χ1) is 10.9. The van der Waals surface area contributed by atoms with E-state index in [2.05, 4.69) is 11.9 Å². The third kappa shape index (κ3) is 4.28. The van der Waals surface area contributed by atoms with E-state index in [0.29, 0.717) is 11.1 Å². The van der Waals surface area contributed by atoms with Crippen LogP contribution in [0, 0.1) is 0 Å². The Labute approximate surface area is 135 Å². The van der Waals surface area contributed by atoms with Crippen molar-refractivity contribution < 1.29 is 17.8 Å². The van der Waals surface area contributed by atoms with Crippen molar-refractivity contribution >= 4 is 16.0 Å². The molecule has 2 N–H and O–H groups in total. The maximum absolute atomic E-state index is 12.0. The summed E-state index contributed by atoms with van der Waals surface area (Å²) in [6.45, 7) is 3.38. The van der Waals surface area contributed by atoms with Gasteiger partial charge in [-0.15, -0.1) is 0 Å². The number of benzene rings is 2. The van der Waals surface area contributed by atoms with Gasteiger partial charge in [-0.1, -0.05) is 67.2 Å². The first-order valence-corrected chi connectivity index (χ1v) is 8.43. The summed E-state index contributed by atoms with van der Waals surface area (Å²) in [6.07, 6.45) is 1.06. The van der Waals surface area contributed by atoms with Crippen molar-refractivity contribution in [2.75, 3.05) is 0 Å². The lowest BCUT2D eigenvalue weighted by atomic mass is 9.98. The first-order valence-electron chi connectivity index (χ1n) is 6.92. The van der Waals surface area contributed by atoms with Gasteiger partial charge in [0.05, 0.1) is 6.04 Å². The molecule has 2 atom stereocenters. The number of rotatable bonds is 6. The summed E-state index contributed by atoms with van der Waals surface area (Å²) < 4.78 is 33.7. The van der Waals surface area contributed by atoms with Crippen molar-refractivity contribution in [3.63, 3.8) is 0 Å². The Morgan fingerprint density at radius 1 is 1.00 bits per heavy atom. The van der Waals surface area contributed by atoms with Crippen LogP contribution in [0.2, 0.25) is 0 Å². The molecule has 23 heavy (non-hydrogen) atoms. The zero-order chi connectivity index (χ0) is 16.9. The molecule has 0 saturated heterocycles. The van der Waals surface area contributed by atoms with E-state index in [1.807, 2.05) is 0 Å². The SMILES string of the molecule is C=CC(=O)NC(c1ccccc1)C(c1ccccc1)S(=O)(=O)O. The Morgan fingerprint density at radius 3 is 1.91 bits per heavy atom. The van der Waals surface area contributed by atoms with Gasteiger partial charge in [0.15, 0.2) is 0 Å². The highest BCUT2D eigenvalue weighted by atomic mass is 32.2. The lowest BCUT2D eigenvalue weighted by Gasteiger charge is -2.26. The van der Waals surface area contributed by atoms with Gasteiger partial charge < -0.3 is 5.32 Å². The van der Waals surface area contributed by atoms with Crippen LogP contribution < -0.4 is 5.32 Å². The lowest BCUT2D eigenvalue weighted by molar-refractivity contribution is -0.117. The second kappa shape index (κ2) is 7.21. The summed E-state index contributed by atoms with van der Waals surface area (Å²) in [5.41, 5.74) is 0.947. The number of hydrogen-bond acceptors (Lipinski definition) is 3. The predicted molar refractivity (Wildman–Crippen MR) is 88.3 cm³/mol. The quantitative estimate of drug-likeness (QED) is 0.630. The maximum atomic E-state index is 12.0. The highest BCUT2D eigenvalue weighted by Crippen LogP contribution is 2.35. The molecular weight excluding hydrogens is 314 g/mol. The van der Waals surface area contributed by atoms with Crippen molar-refractivity contribution in [1.82, 2.24) is 5.32 Å². The monoisotopic (exact) mass is 331 g/mol. The van der Waals surface area contributed by atoms with Gasteiger partial charge in [-0.3, -0.25) is 9.35 Å². The Kier molecular flexibility index (Phi) is 5.31. The summed E-state index contributed by atoms with van der Waals surface area (Å²) in [4.78, 5) is 11.8. The van der Waals surface area contributed by atoms with E-state index in [9.17, 15) is 17.8 Å². The Bertz CT molecular complexity index is 773. The highest BCUT2D eigenvalue weighted by Gasteiger charge is 2.35. The van der Waals surface area contributed by atoms with E-state index in [0.717, 1.165) is 6.08 Å². The molecule has 0 fully saturated rings. The largest absolute Gasteiger partial charge is 0.344 e. The molecule has 0 radical (unpaired) electrons. The number of nitrogens with one attached hydrogen (secondary N) is 1. The smallest absolute Gasteiger partial charge is 0.274 e. The Balaban J connectivity index is 2.57. The van der Waals surface area contributed by atoms with Gasteiger partial charge in [-0.05, 0) is 17.2 Å². The normalized spacial score (nSPS) is 13.8. The van der Waals surface area contributed by atoms with E-state index in [4.69, 9.17) is 0 Å². The fraction of sp³-hybridized carbons (Fsp3) is 0.118. The Morgan fingerprint density at radius 2 is 1.48 bits per heavy atom. The van der Waals surface area contributed by atoms with E-state index < -0.39 is 27.3 Å². The number of hydrogen-bond donors (Lipinski definition) is 2. The average molecular weight is 331 g/mol. The van der Waals surface area contributed by atoms with E-state index in [1.54, 1.807) is 60.7 Å². The minimum Gasteiger partial charge on any atom is -0.344 e. The molecule has 2 aromatic carbocycles. The van der Waals surface area contributed by atoms with Crippen molar-refractivity contribution in [2.24, 2.45) is 0 Å². The summed E-state index contributed by atoms with van der Waals surface area (Å²) in [6, 6.07) is 15.9. The van der Waals surface area contributed by atoms with Gasteiger partial charge in [0.2, 0.25) is 5.91 Å². The molecule has 2 unspecified atom stereocenters. The van der Waals surface area contributed by atoms with Crippen molar-refractivity contribution in [3.8, 4) is 0 Å². The van der Waals surface area contributed by atoms with Crippen LogP contribution >= 0.6 is 0 Å². The standard InChI is InChI=1S/C17H17NO4S/c1-2-15(19)18-16(13-9-5-3-6-10-13)17(23(20,21)22)14-11-7-4-8-12-14/h2-12,16-17H,1H2,(H,18,19)(H,20,21,22). The molecule has 0 bridgehead atoms. The third-order valence-corrected chi connectivity index (χ3v) is 4.58. The van der Waals surface area contributed by atoms with Crippen LogP contribution in [0.4, 0.5) is 0 Å². The fourth-order valence-electron chi connectivity index (χ4n) is 2.39. The van der Waals surface area contributed by atoms with Crippen LogP contribution in [-0.2, 0) is 14.9 Å². The summed E-state index contributed by atoms with van der Waals surface area (Å²) in [5.74, 6) is -0.525. The highest BCUT2D eigenvalue weighted by molar-refractivity contribution is 7.86. The number of carbonyl (C=O) groups is 1. The summed E-state index contributed by atoms with van der Waals surface area (Å²) >= 11 is 0. The molecule has 0 heterocycles. The molecule has 0 aromatic heterocycles. The maximum Gasteiger partial charge on any atom is 0.274 e. The molecule has 2 rings (SSSR count). The lowest BCUT2D eigenvalue weighted by Crippen LogP contribution is -2.34. The minimum atomic E-state index is -4.47. The van der Waals surface area contributed by atoms with Crippen LogP contribution in [-0.4, -0.2) is 18.9 Å². The minimum absolute atomic E-state index is 0.383. The molecule has 6 heteroatoms. The van der Waals surface area contributed by atoms with Gasteiger partial charge in [-0.2, -0.15) is 8.42 Å². The Hall–Kier alpha value is -2.44. The van der Waals surface area contributed by atoms with Gasteiger partial charge in [0, 0.05) is 0 Å². The van der Waals surface area contributed by atoms with Crippen LogP contribution in [0.3, 0.4) is 0 Å². The van der Waals surface area contributed by atoms with Crippen LogP contribution in [0.1, 0.15) is 22.4 Å². The molecule has 120 valence electrons. The van der Waals surface area contributed by atoms with E-state index in [-0.39, 0.29) is 0 Å². The molecule has 2 aromatic rings. The van der Waals surface area contributed by atoms with E-state index >= 15 is 0 Å². The molecule has 0 aliphatic rings. The topological polar surface area (TPSA) is 83.5 Å². The molecule has 0 spiro atoms. The average Bonchev–Trinajstić information content (AvgIpc) is 2.54. The van der Waals surface area contributed by atoms with Crippen LogP contribution in [0.15, 0.2) is 73.3 Å². The van der Waals surface area contributed by atoms with Crippen LogP contribution in [0.25, 0.3) is 0 Å². The summed E-state index contributed by atoms with van der Waals surface area (Å²) in [7, 11) is -4.47. The second-order valence-corrected chi connectivity index (χ2v) is 6.49. The van der Waals surface area contributed by atoms with Crippen molar-refractivity contribution in [3.05, 3.63) is 84.4 Å². The van der Waals surface area contributed by atoms with Crippen molar-refractivity contribution in [2.45, 2.75) is 11.3 Å². The first kappa shape index (κ1) is 16.9. The predicted octanol–water partition coefficient (Wildman–Crippen LogP) is 2.66. The zero-order valence-electron chi connectivity index (χ0n) is 12.3. The number of amides is 1. The van der Waals surface area contributed by atoms with Gasteiger partial charge in [0.1, 0.15) is 5.25 Å². The van der Waals surface area contributed by atoms with Gasteiger partial charge >= 0.3 is 0 Å². The second-order valence-electron chi connectivity index (χ2n) is 4.95. The third-order valence-electron chi connectivity index (χ3n) is 3.39. The molecule has 0 aliphatic heterocycles. The molecule has 5 nitrogen and oxygen atoms in total. The molecule has 0 aliphatic carbocycles. The summed E-state index contributed by atoms with van der Waals surface area (Å²) in [5, 5.41) is 1.27. The van der Waals surface area contributed by atoms with E-state index in [1.165, 1.54) is 0 Å². The fourth-order valence-corrected chi connectivity index (χ4v) is 3.46. The van der Waals surface area contributed by atoms with Gasteiger partial charge in [-0.25, -0.2) is 0 Å². The van der Waals surface area contributed by atoms with Crippen molar-refractivity contribution in [1.29, 1.82) is 0 Å². The zero-order valence-corrected chi connectivity index (χ0v) is 13.1. The van der Waals surface area contributed by atoms with Gasteiger partial charge in [0.25, 0.3) is 10.1 Å².